The van der Waals surface area contributed by atoms with E-state index in [2.05, 4.69) is 20.2 Å². The molecule has 1 aliphatic rings. The summed E-state index contributed by atoms with van der Waals surface area (Å²) < 4.78 is 44.2. The van der Waals surface area contributed by atoms with Crippen LogP contribution in [0.5, 0.6) is 5.75 Å². The van der Waals surface area contributed by atoms with Gasteiger partial charge in [-0.3, -0.25) is 4.72 Å². The number of aliphatic hydroxyl groups excluding tert-OH is 1. The van der Waals surface area contributed by atoms with Crippen molar-refractivity contribution >= 4 is 27.5 Å². The fourth-order valence-electron chi connectivity index (χ4n) is 5.90. The van der Waals surface area contributed by atoms with Crippen LogP contribution in [0.25, 0.3) is 5.69 Å². The van der Waals surface area contributed by atoms with Gasteiger partial charge in [0.05, 0.1) is 29.4 Å². The Morgan fingerprint density at radius 1 is 0.780 bits per heavy atom. The average molecular weight is 708 g/mol. The number of aromatic nitrogens is 4. The van der Waals surface area contributed by atoms with Crippen LogP contribution in [0, 0.1) is 0 Å². The Balaban J connectivity index is 1.24. The van der Waals surface area contributed by atoms with Crippen LogP contribution < -0.4 is 4.72 Å². The van der Waals surface area contributed by atoms with E-state index in [0.29, 0.717) is 27.8 Å². The third-order valence-electron chi connectivity index (χ3n) is 8.35. The fraction of sp³-hybridized carbons (Fsp3) is 0.162. The summed E-state index contributed by atoms with van der Waals surface area (Å²) in [6.07, 6.45) is -1.78. The lowest BCUT2D eigenvalue weighted by molar-refractivity contribution is -0.255. The zero-order valence-corrected chi connectivity index (χ0v) is 28.2. The predicted octanol–water partition coefficient (Wildman–Crippen LogP) is 6.39. The number of hydrogen-bond acceptors (Lipinski definition) is 10. The smallest absolute Gasteiger partial charge is 0.261 e. The topological polar surface area (TPSA) is 149 Å². The molecule has 13 heteroatoms. The molecule has 2 heterocycles. The van der Waals surface area contributed by atoms with Crippen molar-refractivity contribution in [2.75, 3.05) is 10.5 Å². The summed E-state index contributed by atoms with van der Waals surface area (Å²) in [5.74, 6) is 0.305. The highest BCUT2D eigenvalue weighted by Crippen LogP contribution is 2.48. The zero-order chi connectivity index (χ0) is 34.5. The first-order valence-electron chi connectivity index (χ1n) is 15.8. The molecular formula is C37H33N5O6S2. The summed E-state index contributed by atoms with van der Waals surface area (Å²) in [6.45, 7) is -0.0830. The summed E-state index contributed by atoms with van der Waals surface area (Å²) in [5.41, 5.74) is 4.37. The number of ether oxygens (including phenoxy) is 2. The molecule has 0 bridgehead atoms. The summed E-state index contributed by atoms with van der Waals surface area (Å²) in [5, 5.41) is 32.4. The highest BCUT2D eigenvalue weighted by atomic mass is 32.2. The molecule has 7 rings (SSSR count). The summed E-state index contributed by atoms with van der Waals surface area (Å²) >= 11 is 1.43. The van der Waals surface area contributed by atoms with E-state index in [1.165, 1.54) is 23.9 Å². The standard InChI is InChI=1S/C37H33N5O6S2/c43-23-25-14-16-27(17-15-25)35-34(26-8-3-1-4-9-26)33(24-49-37-38-40-41-42(37)30-18-20-31(44)21-19-30)47-36(48-35)28-10-7-11-29(22-28)39-50(45,46)32-12-5-2-6-13-32/h1-22,33-36,39,43-44H,23-24H2/t33-,34-,35+,36?/m1/s1. The Morgan fingerprint density at radius 2 is 1.48 bits per heavy atom. The monoisotopic (exact) mass is 707 g/mol. The molecule has 1 unspecified atom stereocenters. The molecule has 0 aliphatic carbocycles. The molecule has 3 N–H and O–H groups in total. The van der Waals surface area contributed by atoms with Gasteiger partial charge in [-0.2, -0.15) is 4.68 Å². The van der Waals surface area contributed by atoms with Crippen LogP contribution >= 0.6 is 11.8 Å². The van der Waals surface area contributed by atoms with Crippen LogP contribution in [0.1, 0.15) is 40.6 Å². The number of hydrogen-bond donors (Lipinski definition) is 3. The van der Waals surface area contributed by atoms with Crippen LogP contribution in [-0.4, -0.2) is 50.7 Å². The van der Waals surface area contributed by atoms with E-state index in [0.717, 1.165) is 16.7 Å². The van der Waals surface area contributed by atoms with Crippen LogP contribution in [-0.2, 0) is 26.1 Å². The second-order valence-electron chi connectivity index (χ2n) is 11.6. The number of phenols is 1. The van der Waals surface area contributed by atoms with Crippen LogP contribution in [0.2, 0.25) is 0 Å². The lowest BCUT2D eigenvalue weighted by atomic mass is 9.84. The average Bonchev–Trinajstić information content (AvgIpc) is 3.63. The van der Waals surface area contributed by atoms with Gasteiger partial charge < -0.3 is 19.7 Å². The minimum atomic E-state index is -3.83. The van der Waals surface area contributed by atoms with Crippen molar-refractivity contribution in [3.05, 3.63) is 156 Å². The van der Waals surface area contributed by atoms with Crippen molar-refractivity contribution in [1.29, 1.82) is 0 Å². The maximum atomic E-state index is 13.2. The van der Waals surface area contributed by atoms with Gasteiger partial charge in [-0.1, -0.05) is 96.7 Å². The van der Waals surface area contributed by atoms with Gasteiger partial charge in [-0.05, 0) is 75.6 Å². The molecule has 5 aromatic carbocycles. The van der Waals surface area contributed by atoms with E-state index in [-0.39, 0.29) is 23.2 Å². The van der Waals surface area contributed by atoms with Gasteiger partial charge >= 0.3 is 0 Å². The molecule has 0 spiro atoms. The SMILES string of the molecule is O=S(=O)(Nc1cccc(C2O[C@H](CSc3nnnn3-c3ccc(O)cc3)[C@@H](c3ccccc3)[C@H](c3ccc(CO)cc3)O2)c1)c1ccccc1. The number of aliphatic hydroxyl groups is 1. The number of tetrazole rings is 1. The van der Waals surface area contributed by atoms with Crippen LogP contribution in [0.3, 0.4) is 0 Å². The van der Waals surface area contributed by atoms with Gasteiger partial charge in [0.1, 0.15) is 5.75 Å². The fourth-order valence-corrected chi connectivity index (χ4v) is 7.92. The first-order chi connectivity index (χ1) is 24.4. The maximum Gasteiger partial charge on any atom is 0.261 e. The maximum absolute atomic E-state index is 13.2. The number of aromatic hydroxyl groups is 1. The number of nitrogens with one attached hydrogen (secondary N) is 1. The number of anilines is 1. The normalized spacial score (nSPS) is 19.2. The predicted molar refractivity (Wildman–Crippen MR) is 188 cm³/mol. The van der Waals surface area contributed by atoms with E-state index < -0.39 is 28.5 Å². The lowest BCUT2D eigenvalue weighted by Crippen LogP contribution is -2.38. The van der Waals surface area contributed by atoms with Crippen molar-refractivity contribution in [3.8, 4) is 11.4 Å². The van der Waals surface area contributed by atoms with E-state index in [1.54, 1.807) is 65.3 Å². The van der Waals surface area contributed by atoms with Crippen molar-refractivity contribution in [2.24, 2.45) is 0 Å². The molecule has 50 heavy (non-hydrogen) atoms. The molecule has 1 fully saturated rings. The summed E-state index contributed by atoms with van der Waals surface area (Å²) in [6, 6.07) is 39.5. The second-order valence-corrected chi connectivity index (χ2v) is 14.3. The van der Waals surface area contributed by atoms with Gasteiger partial charge in [0.2, 0.25) is 5.16 Å². The quantitative estimate of drug-likeness (QED) is 0.129. The number of nitrogens with zero attached hydrogens (tertiary/aromatic N) is 4. The molecule has 6 aromatic rings. The minimum absolute atomic E-state index is 0.0830. The zero-order valence-electron chi connectivity index (χ0n) is 26.6. The molecule has 1 aromatic heterocycles. The highest BCUT2D eigenvalue weighted by Gasteiger charge is 2.42. The van der Waals surface area contributed by atoms with E-state index in [9.17, 15) is 18.6 Å². The van der Waals surface area contributed by atoms with Crippen molar-refractivity contribution in [1.82, 2.24) is 20.2 Å². The van der Waals surface area contributed by atoms with Gasteiger partial charge in [-0.15, -0.1) is 5.10 Å². The molecule has 1 saturated heterocycles. The summed E-state index contributed by atoms with van der Waals surface area (Å²) in [4.78, 5) is 0.152. The van der Waals surface area contributed by atoms with E-state index in [4.69, 9.17) is 9.47 Å². The van der Waals surface area contributed by atoms with Gasteiger partial charge in [-0.25, -0.2) is 8.42 Å². The Bertz CT molecular complexity index is 2130. The Morgan fingerprint density at radius 3 is 2.20 bits per heavy atom. The largest absolute Gasteiger partial charge is 0.508 e. The van der Waals surface area contributed by atoms with Crippen LogP contribution in [0.15, 0.2) is 144 Å². The molecular weight excluding hydrogens is 675 g/mol. The Labute approximate surface area is 293 Å². The molecule has 4 atom stereocenters. The third kappa shape index (κ3) is 7.42. The number of rotatable bonds is 11. The molecule has 11 nitrogen and oxygen atoms in total. The van der Waals surface area contributed by atoms with E-state index >= 15 is 0 Å². The van der Waals surface area contributed by atoms with Crippen molar-refractivity contribution in [3.63, 3.8) is 0 Å². The molecule has 0 amide bonds. The first-order valence-corrected chi connectivity index (χ1v) is 18.3. The minimum Gasteiger partial charge on any atom is -0.508 e. The van der Waals surface area contributed by atoms with Crippen molar-refractivity contribution in [2.45, 2.75) is 41.1 Å². The molecule has 1 aliphatic heterocycles. The van der Waals surface area contributed by atoms with Gasteiger partial charge in [0.25, 0.3) is 10.0 Å². The molecule has 0 saturated carbocycles. The third-order valence-corrected chi connectivity index (χ3v) is 10.8. The van der Waals surface area contributed by atoms with Gasteiger partial charge in [0, 0.05) is 22.9 Å². The molecule has 0 radical (unpaired) electrons. The van der Waals surface area contributed by atoms with E-state index in [1.807, 2.05) is 60.7 Å². The Hall–Kier alpha value is -5.05. The van der Waals surface area contributed by atoms with Crippen LogP contribution in [0.4, 0.5) is 5.69 Å². The Kier molecular flexibility index (Phi) is 9.92. The summed E-state index contributed by atoms with van der Waals surface area (Å²) in [7, 11) is -3.83. The number of thioether (sulfide) groups is 1. The number of benzene rings is 5. The number of sulfonamides is 1. The molecule has 254 valence electrons. The van der Waals surface area contributed by atoms with Gasteiger partial charge in [0.15, 0.2) is 6.29 Å². The highest BCUT2D eigenvalue weighted by molar-refractivity contribution is 7.99. The second kappa shape index (κ2) is 14.8. The van der Waals surface area contributed by atoms with Crippen molar-refractivity contribution < 1.29 is 28.1 Å². The lowest BCUT2D eigenvalue weighted by Gasteiger charge is -2.43. The number of phenolic OH excluding ortho intramolecular Hbond substituents is 1. The first kappa shape index (κ1) is 33.4.